The van der Waals surface area contributed by atoms with Crippen molar-refractivity contribution in [1.29, 1.82) is 0 Å². The van der Waals surface area contributed by atoms with Crippen molar-refractivity contribution in [3.05, 3.63) is 29.8 Å². The first-order valence-electron chi connectivity index (χ1n) is 8.31. The van der Waals surface area contributed by atoms with Crippen LogP contribution in [-0.2, 0) is 4.74 Å². The van der Waals surface area contributed by atoms with Gasteiger partial charge in [-0.2, -0.15) is 8.78 Å². The van der Waals surface area contributed by atoms with E-state index in [-0.39, 0.29) is 36.6 Å². The Morgan fingerprint density at radius 1 is 1.12 bits per heavy atom. The molecular weight excluding hydrogens is 373 g/mol. The first kappa shape index (κ1) is 22.4. The third-order valence-electron chi connectivity index (χ3n) is 4.68. The van der Waals surface area contributed by atoms with Gasteiger partial charge < -0.3 is 14.8 Å². The van der Waals surface area contributed by atoms with Gasteiger partial charge >= 0.3 is 6.61 Å². The van der Waals surface area contributed by atoms with Crippen molar-refractivity contribution in [1.82, 2.24) is 10.2 Å². The summed E-state index contributed by atoms with van der Waals surface area (Å²) in [5, 5.41) is 3.37. The highest BCUT2D eigenvalue weighted by molar-refractivity contribution is 5.85. The molecule has 0 amide bonds. The highest BCUT2D eigenvalue weighted by Gasteiger charge is 2.31. The van der Waals surface area contributed by atoms with Gasteiger partial charge in [0.05, 0.1) is 0 Å². The topological polar surface area (TPSA) is 33.7 Å². The Morgan fingerprint density at radius 2 is 1.80 bits per heavy atom. The fourth-order valence-electron chi connectivity index (χ4n) is 3.65. The normalized spacial score (nSPS) is 20.4. The molecule has 2 aliphatic rings. The monoisotopic (exact) mass is 398 g/mol. The van der Waals surface area contributed by atoms with E-state index in [1.165, 1.54) is 0 Å². The second-order valence-corrected chi connectivity index (χ2v) is 6.13. The standard InChI is InChI=1S/C17H24F2N2O2.2ClH/c18-17(19)23-15-3-1-2-14(12-15)16(13-4-10-22-11-5-13)21-8-6-20-7-9-21;;/h1-3,12-13,16-17,20H,4-11H2;2*1H/t16-;;/m1../s1. The van der Waals surface area contributed by atoms with E-state index < -0.39 is 6.61 Å². The molecule has 0 aliphatic carbocycles. The molecular formula is C17H26Cl2F2N2O2. The van der Waals surface area contributed by atoms with Crippen molar-refractivity contribution < 1.29 is 18.3 Å². The molecule has 2 aliphatic heterocycles. The Labute approximate surface area is 160 Å². The number of ether oxygens (including phenoxy) is 2. The molecule has 2 fully saturated rings. The summed E-state index contributed by atoms with van der Waals surface area (Å²) in [4.78, 5) is 2.47. The summed E-state index contributed by atoms with van der Waals surface area (Å²) in [5.74, 6) is 0.730. The number of benzene rings is 1. The van der Waals surface area contributed by atoms with Crippen LogP contribution in [-0.4, -0.2) is 50.9 Å². The summed E-state index contributed by atoms with van der Waals surface area (Å²) < 4.78 is 35.1. The second kappa shape index (κ2) is 11.1. The molecule has 8 heteroatoms. The molecule has 1 atom stereocenters. The van der Waals surface area contributed by atoms with E-state index in [4.69, 9.17) is 4.74 Å². The van der Waals surface area contributed by atoms with Gasteiger partial charge in [-0.25, -0.2) is 0 Å². The maximum Gasteiger partial charge on any atom is 0.387 e. The van der Waals surface area contributed by atoms with Gasteiger partial charge in [0.25, 0.3) is 0 Å². The quantitative estimate of drug-likeness (QED) is 0.822. The van der Waals surface area contributed by atoms with Crippen molar-refractivity contribution in [3.63, 3.8) is 0 Å². The Bertz CT molecular complexity index is 481. The van der Waals surface area contributed by atoms with Crippen LogP contribution in [0.5, 0.6) is 5.75 Å². The predicted molar refractivity (Wildman–Crippen MR) is 98.3 cm³/mol. The Kier molecular flexibility index (Phi) is 9.97. The van der Waals surface area contributed by atoms with Crippen LogP contribution in [0.4, 0.5) is 8.78 Å². The van der Waals surface area contributed by atoms with Gasteiger partial charge in [0.2, 0.25) is 0 Å². The zero-order valence-corrected chi connectivity index (χ0v) is 15.7. The molecule has 2 saturated heterocycles. The van der Waals surface area contributed by atoms with Crippen molar-refractivity contribution in [2.45, 2.75) is 25.5 Å². The first-order chi connectivity index (χ1) is 11.2. The van der Waals surface area contributed by atoms with Crippen LogP contribution in [0.3, 0.4) is 0 Å². The smallest absolute Gasteiger partial charge is 0.387 e. The molecule has 0 saturated carbocycles. The minimum absolute atomic E-state index is 0. The molecule has 0 aromatic heterocycles. The van der Waals surface area contributed by atoms with Gasteiger partial charge in [-0.05, 0) is 36.5 Å². The van der Waals surface area contributed by atoms with Gasteiger partial charge in [-0.3, -0.25) is 4.90 Å². The number of hydrogen-bond donors (Lipinski definition) is 1. The maximum absolute atomic E-state index is 12.5. The molecule has 2 heterocycles. The average molecular weight is 399 g/mol. The molecule has 1 aromatic rings. The molecule has 0 radical (unpaired) electrons. The molecule has 144 valence electrons. The molecule has 1 N–H and O–H groups in total. The minimum atomic E-state index is -2.79. The maximum atomic E-state index is 12.5. The number of nitrogens with zero attached hydrogens (tertiary/aromatic N) is 1. The summed E-state index contributed by atoms with van der Waals surface area (Å²) in [6.07, 6.45) is 2.02. The van der Waals surface area contributed by atoms with Crippen LogP contribution in [0.1, 0.15) is 24.4 Å². The number of halogens is 4. The van der Waals surface area contributed by atoms with Crippen molar-refractivity contribution in [2.75, 3.05) is 39.4 Å². The van der Waals surface area contributed by atoms with Gasteiger partial charge in [-0.15, -0.1) is 24.8 Å². The number of hydrogen-bond acceptors (Lipinski definition) is 4. The zero-order chi connectivity index (χ0) is 16.1. The highest BCUT2D eigenvalue weighted by Crippen LogP contribution is 2.36. The van der Waals surface area contributed by atoms with Crippen molar-refractivity contribution in [3.8, 4) is 5.75 Å². The fourth-order valence-corrected chi connectivity index (χ4v) is 3.65. The van der Waals surface area contributed by atoms with Gasteiger partial charge in [0.15, 0.2) is 0 Å². The van der Waals surface area contributed by atoms with E-state index in [1.54, 1.807) is 12.1 Å². The van der Waals surface area contributed by atoms with Gasteiger partial charge in [0.1, 0.15) is 5.75 Å². The van der Waals surface area contributed by atoms with E-state index in [1.807, 2.05) is 12.1 Å². The lowest BCUT2D eigenvalue weighted by Crippen LogP contribution is -2.47. The predicted octanol–water partition coefficient (Wildman–Crippen LogP) is 3.50. The minimum Gasteiger partial charge on any atom is -0.435 e. The third kappa shape index (κ3) is 6.22. The van der Waals surface area contributed by atoms with Crippen LogP contribution in [0, 0.1) is 5.92 Å². The summed E-state index contributed by atoms with van der Waals surface area (Å²) in [6, 6.07) is 7.44. The lowest BCUT2D eigenvalue weighted by molar-refractivity contribution is -0.0500. The van der Waals surface area contributed by atoms with Crippen LogP contribution < -0.4 is 10.1 Å². The SMILES string of the molecule is Cl.Cl.FC(F)Oc1cccc([C@@H](C2CCOCC2)N2CCNCC2)c1. The molecule has 1 aromatic carbocycles. The summed E-state index contributed by atoms with van der Waals surface area (Å²) >= 11 is 0. The summed E-state index contributed by atoms with van der Waals surface area (Å²) in [7, 11) is 0. The van der Waals surface area contributed by atoms with E-state index in [2.05, 4.69) is 15.0 Å². The largest absolute Gasteiger partial charge is 0.435 e. The molecule has 4 nitrogen and oxygen atoms in total. The van der Waals surface area contributed by atoms with Crippen molar-refractivity contribution >= 4 is 24.8 Å². The third-order valence-corrected chi connectivity index (χ3v) is 4.68. The van der Waals surface area contributed by atoms with Crippen molar-refractivity contribution in [2.24, 2.45) is 5.92 Å². The lowest BCUT2D eigenvalue weighted by atomic mass is 9.85. The van der Waals surface area contributed by atoms with E-state index in [9.17, 15) is 8.78 Å². The first-order valence-corrected chi connectivity index (χ1v) is 8.31. The molecule has 0 bridgehead atoms. The molecule has 25 heavy (non-hydrogen) atoms. The van der Waals surface area contributed by atoms with E-state index in [0.29, 0.717) is 5.92 Å². The summed E-state index contributed by atoms with van der Waals surface area (Å²) in [5.41, 5.74) is 1.07. The highest BCUT2D eigenvalue weighted by atomic mass is 35.5. The van der Waals surface area contributed by atoms with Crippen LogP contribution in [0.25, 0.3) is 0 Å². The zero-order valence-electron chi connectivity index (χ0n) is 14.0. The van der Waals surface area contributed by atoms with Gasteiger partial charge in [0, 0.05) is 45.4 Å². The number of alkyl halides is 2. The molecule has 0 spiro atoms. The van der Waals surface area contributed by atoms with Crippen LogP contribution in [0.2, 0.25) is 0 Å². The number of nitrogens with one attached hydrogen (secondary N) is 1. The average Bonchev–Trinajstić information content (AvgIpc) is 2.57. The van der Waals surface area contributed by atoms with Crippen LogP contribution >= 0.6 is 24.8 Å². The summed E-state index contributed by atoms with van der Waals surface area (Å²) in [6.45, 7) is 2.65. The van der Waals surface area contributed by atoms with Gasteiger partial charge in [-0.1, -0.05) is 12.1 Å². The Hall–Kier alpha value is -0.660. The second-order valence-electron chi connectivity index (χ2n) is 6.13. The Morgan fingerprint density at radius 3 is 2.44 bits per heavy atom. The van der Waals surface area contributed by atoms with E-state index in [0.717, 1.165) is 57.8 Å². The Balaban J connectivity index is 0.00000156. The molecule has 3 rings (SSSR count). The lowest BCUT2D eigenvalue weighted by Gasteiger charge is -2.41. The van der Waals surface area contributed by atoms with Crippen LogP contribution in [0.15, 0.2) is 24.3 Å². The number of piperazine rings is 1. The number of rotatable bonds is 5. The van der Waals surface area contributed by atoms with E-state index >= 15 is 0 Å². The molecule has 0 unspecified atom stereocenters. The fraction of sp³-hybridized carbons (Fsp3) is 0.647.